The van der Waals surface area contributed by atoms with Crippen molar-refractivity contribution in [2.24, 2.45) is 0 Å². The van der Waals surface area contributed by atoms with Crippen molar-refractivity contribution in [2.75, 3.05) is 5.32 Å². The van der Waals surface area contributed by atoms with Crippen LogP contribution in [0.1, 0.15) is 16.2 Å². The second-order valence-electron chi connectivity index (χ2n) is 4.95. The van der Waals surface area contributed by atoms with Gasteiger partial charge in [0.2, 0.25) is 5.88 Å². The lowest BCUT2D eigenvalue weighted by Gasteiger charge is -2.05. The molecule has 0 fully saturated rings. The summed E-state index contributed by atoms with van der Waals surface area (Å²) in [6.45, 7) is 0. The zero-order valence-electron chi connectivity index (χ0n) is 12.5. The molecule has 6 nitrogen and oxygen atoms in total. The summed E-state index contributed by atoms with van der Waals surface area (Å²) in [6, 6.07) is 6.67. The highest BCUT2D eigenvalue weighted by molar-refractivity contribution is 6.42. The predicted octanol–water partition coefficient (Wildman–Crippen LogP) is 4.71. The highest BCUT2D eigenvalue weighted by Gasteiger charge is 2.35. The summed E-state index contributed by atoms with van der Waals surface area (Å²) in [4.78, 5) is 20.0. The van der Waals surface area contributed by atoms with Crippen molar-refractivity contribution >= 4 is 35.0 Å². The number of aromatic nitrogens is 3. The van der Waals surface area contributed by atoms with Gasteiger partial charge in [0.15, 0.2) is 5.69 Å². The molecule has 2 heterocycles. The van der Waals surface area contributed by atoms with Crippen molar-refractivity contribution in [1.82, 2.24) is 15.1 Å². The van der Waals surface area contributed by atoms with Gasteiger partial charge in [-0.15, -0.1) is 0 Å². The van der Waals surface area contributed by atoms with Crippen molar-refractivity contribution < 1.29 is 22.5 Å². The van der Waals surface area contributed by atoms with Crippen LogP contribution in [0.3, 0.4) is 0 Å². The van der Waals surface area contributed by atoms with Crippen molar-refractivity contribution in [3.05, 3.63) is 58.1 Å². The molecule has 11 heteroatoms. The number of benzene rings is 1. The molecule has 3 aromatic rings. The van der Waals surface area contributed by atoms with Crippen LogP contribution in [0.15, 0.2) is 41.2 Å². The lowest BCUT2D eigenvalue weighted by molar-refractivity contribution is -0.142. The Morgan fingerprint density at radius 1 is 1.08 bits per heavy atom. The monoisotopic (exact) mass is 402 g/mol. The van der Waals surface area contributed by atoms with Gasteiger partial charge in [0.05, 0.1) is 15.7 Å². The summed E-state index contributed by atoms with van der Waals surface area (Å²) in [7, 11) is 0. The van der Waals surface area contributed by atoms with Gasteiger partial charge < -0.3 is 4.52 Å². The highest BCUT2D eigenvalue weighted by Crippen LogP contribution is 2.30. The van der Waals surface area contributed by atoms with Gasteiger partial charge in [-0.3, -0.25) is 10.1 Å². The number of rotatable bonds is 3. The van der Waals surface area contributed by atoms with Gasteiger partial charge in [0.25, 0.3) is 5.91 Å². The van der Waals surface area contributed by atoms with E-state index in [-0.39, 0.29) is 5.69 Å². The first-order chi connectivity index (χ1) is 12.2. The number of hydrogen-bond acceptors (Lipinski definition) is 5. The van der Waals surface area contributed by atoms with Crippen LogP contribution in [0.25, 0.3) is 11.3 Å². The molecule has 0 bridgehead atoms. The topological polar surface area (TPSA) is 80.9 Å². The van der Waals surface area contributed by atoms with Gasteiger partial charge in [0, 0.05) is 11.6 Å². The minimum Gasteiger partial charge on any atom is -0.338 e. The number of halogens is 5. The summed E-state index contributed by atoms with van der Waals surface area (Å²) in [5.74, 6) is -1.25. The van der Waals surface area contributed by atoms with E-state index in [9.17, 15) is 18.0 Å². The molecule has 26 heavy (non-hydrogen) atoms. The molecule has 3 rings (SSSR count). The minimum absolute atomic E-state index is 0.0916. The third kappa shape index (κ3) is 3.94. The quantitative estimate of drug-likeness (QED) is 0.685. The zero-order valence-corrected chi connectivity index (χ0v) is 14.0. The van der Waals surface area contributed by atoms with Crippen LogP contribution in [-0.4, -0.2) is 21.0 Å². The molecule has 1 N–H and O–H groups in total. The molecule has 0 saturated carbocycles. The van der Waals surface area contributed by atoms with Crippen LogP contribution in [0.4, 0.5) is 19.1 Å². The third-order valence-electron chi connectivity index (χ3n) is 3.15. The average molecular weight is 403 g/mol. The summed E-state index contributed by atoms with van der Waals surface area (Å²) < 4.78 is 41.9. The summed E-state index contributed by atoms with van der Waals surface area (Å²) in [6.07, 6.45) is -3.54. The Kier molecular flexibility index (Phi) is 4.84. The van der Waals surface area contributed by atoms with Gasteiger partial charge in [-0.25, -0.2) is 9.97 Å². The molecule has 0 spiro atoms. The van der Waals surface area contributed by atoms with E-state index in [1.54, 1.807) is 18.2 Å². The summed E-state index contributed by atoms with van der Waals surface area (Å²) in [5.41, 5.74) is -0.398. The number of carbonyl (C=O) groups is 1. The third-order valence-corrected chi connectivity index (χ3v) is 3.89. The van der Waals surface area contributed by atoms with E-state index in [1.807, 2.05) is 0 Å². The van der Waals surface area contributed by atoms with Crippen LogP contribution < -0.4 is 5.32 Å². The fourth-order valence-electron chi connectivity index (χ4n) is 1.94. The van der Waals surface area contributed by atoms with E-state index in [0.29, 0.717) is 27.4 Å². The van der Waals surface area contributed by atoms with E-state index in [1.165, 1.54) is 6.07 Å². The fourth-order valence-corrected chi connectivity index (χ4v) is 2.24. The predicted molar refractivity (Wildman–Crippen MR) is 86.9 cm³/mol. The van der Waals surface area contributed by atoms with Crippen LogP contribution in [-0.2, 0) is 6.18 Å². The average Bonchev–Trinajstić information content (AvgIpc) is 3.06. The Morgan fingerprint density at radius 2 is 1.85 bits per heavy atom. The van der Waals surface area contributed by atoms with Crippen LogP contribution in [0.2, 0.25) is 10.0 Å². The van der Waals surface area contributed by atoms with E-state index < -0.39 is 23.7 Å². The van der Waals surface area contributed by atoms with Crippen molar-refractivity contribution in [2.45, 2.75) is 6.18 Å². The van der Waals surface area contributed by atoms with Crippen molar-refractivity contribution in [3.63, 3.8) is 0 Å². The van der Waals surface area contributed by atoms with E-state index in [2.05, 4.69) is 25.0 Å². The lowest BCUT2D eigenvalue weighted by atomic mass is 10.1. The first-order valence-corrected chi connectivity index (χ1v) is 7.62. The lowest BCUT2D eigenvalue weighted by Crippen LogP contribution is -2.13. The summed E-state index contributed by atoms with van der Waals surface area (Å²) >= 11 is 11.8. The van der Waals surface area contributed by atoms with E-state index in [4.69, 9.17) is 23.2 Å². The van der Waals surface area contributed by atoms with E-state index >= 15 is 0 Å². The van der Waals surface area contributed by atoms with Crippen molar-refractivity contribution in [1.29, 1.82) is 0 Å². The standard InChI is InChI=1S/C15H7Cl2F3N4O2/c16-8-2-1-7(3-9(8)17)10-4-11(22-6-21-10)14(25)23-13-5-12(24-26-13)15(18,19)20/h1-6H,(H,23,25). The van der Waals surface area contributed by atoms with Crippen molar-refractivity contribution in [3.8, 4) is 11.3 Å². The number of hydrogen-bond donors (Lipinski definition) is 1. The zero-order chi connectivity index (χ0) is 18.9. The second kappa shape index (κ2) is 6.93. The number of alkyl halides is 3. The first kappa shape index (κ1) is 18.2. The Hall–Kier alpha value is -2.65. The minimum atomic E-state index is -4.68. The number of amides is 1. The molecular weight excluding hydrogens is 396 g/mol. The van der Waals surface area contributed by atoms with Gasteiger partial charge in [-0.1, -0.05) is 34.4 Å². The summed E-state index contributed by atoms with van der Waals surface area (Å²) in [5, 5.41) is 5.64. The maximum absolute atomic E-state index is 12.5. The van der Waals surface area contributed by atoms with Crippen LogP contribution in [0, 0.1) is 0 Å². The number of nitrogens with zero attached hydrogens (tertiary/aromatic N) is 3. The highest BCUT2D eigenvalue weighted by atomic mass is 35.5. The fraction of sp³-hybridized carbons (Fsp3) is 0.0667. The molecule has 0 radical (unpaired) electrons. The molecule has 0 unspecified atom stereocenters. The van der Waals surface area contributed by atoms with Gasteiger partial charge in [-0.05, 0) is 18.2 Å². The molecule has 0 atom stereocenters. The maximum atomic E-state index is 12.5. The number of carbonyl (C=O) groups excluding carboxylic acids is 1. The van der Waals surface area contributed by atoms with Gasteiger partial charge in [0.1, 0.15) is 12.0 Å². The molecule has 134 valence electrons. The Morgan fingerprint density at radius 3 is 2.50 bits per heavy atom. The normalized spacial score (nSPS) is 11.4. The molecule has 0 saturated heterocycles. The molecule has 1 amide bonds. The smallest absolute Gasteiger partial charge is 0.338 e. The number of nitrogens with one attached hydrogen (secondary N) is 1. The maximum Gasteiger partial charge on any atom is 0.436 e. The molecular formula is C15H7Cl2F3N4O2. The Balaban J connectivity index is 1.82. The van der Waals surface area contributed by atoms with Gasteiger partial charge >= 0.3 is 6.18 Å². The molecule has 1 aromatic carbocycles. The molecule has 0 aliphatic rings. The molecule has 0 aliphatic heterocycles. The second-order valence-corrected chi connectivity index (χ2v) is 5.76. The Bertz CT molecular complexity index is 976. The van der Waals surface area contributed by atoms with Crippen LogP contribution >= 0.6 is 23.2 Å². The Labute approximate surface area is 153 Å². The van der Waals surface area contributed by atoms with Gasteiger partial charge in [-0.2, -0.15) is 13.2 Å². The van der Waals surface area contributed by atoms with Crippen LogP contribution in [0.5, 0.6) is 0 Å². The molecule has 0 aliphatic carbocycles. The number of anilines is 1. The largest absolute Gasteiger partial charge is 0.436 e. The first-order valence-electron chi connectivity index (χ1n) is 6.87. The SMILES string of the molecule is O=C(Nc1cc(C(F)(F)F)no1)c1cc(-c2ccc(Cl)c(Cl)c2)ncn1. The van der Waals surface area contributed by atoms with E-state index in [0.717, 1.165) is 6.33 Å². The molecule has 2 aromatic heterocycles.